The summed E-state index contributed by atoms with van der Waals surface area (Å²) in [7, 11) is 0. The summed E-state index contributed by atoms with van der Waals surface area (Å²) in [4.78, 5) is 0. The quantitative estimate of drug-likeness (QED) is 0.204. The minimum absolute atomic E-state index is 0. The summed E-state index contributed by atoms with van der Waals surface area (Å²) in [6.45, 7) is 8.00. The fourth-order valence-electron chi connectivity index (χ4n) is 3.40. The van der Waals surface area contributed by atoms with E-state index in [9.17, 15) is 0 Å². The number of fused-ring (bicyclic) bond motifs is 3. The van der Waals surface area contributed by atoms with Crippen molar-refractivity contribution in [3.05, 3.63) is 146 Å². The van der Waals surface area contributed by atoms with E-state index < -0.39 is 0 Å². The second-order valence-electron chi connectivity index (χ2n) is 7.04. The average Bonchev–Trinajstić information content (AvgIpc) is 2.96. The van der Waals surface area contributed by atoms with Crippen molar-refractivity contribution in [2.24, 2.45) is 0 Å². The molecule has 36 heavy (non-hydrogen) atoms. The molecule has 0 nitrogen and oxygen atoms in total. The van der Waals surface area contributed by atoms with Crippen LogP contribution in [0, 0.1) is 0 Å². The summed E-state index contributed by atoms with van der Waals surface area (Å²) in [6, 6.07) is 50.1. The Kier molecular flexibility index (Phi) is 17.3. The van der Waals surface area contributed by atoms with Gasteiger partial charge in [0.25, 0.3) is 0 Å². The maximum atomic E-state index is 2.12. The largest absolute Gasteiger partial charge is 0.0776 e. The van der Waals surface area contributed by atoms with E-state index >= 15 is 0 Å². The minimum atomic E-state index is 0. The number of hydrogen-bond acceptors (Lipinski definition) is 0. The predicted molar refractivity (Wildman–Crippen MR) is 168 cm³/mol. The minimum Gasteiger partial charge on any atom is -0.0776 e. The van der Waals surface area contributed by atoms with Crippen LogP contribution >= 0.6 is 0 Å². The molecule has 0 fully saturated rings. The van der Waals surface area contributed by atoms with Gasteiger partial charge in [-0.25, -0.2) is 0 Å². The highest BCUT2D eigenvalue weighted by Gasteiger charge is 1.86. The molecule has 0 aliphatic rings. The molecule has 0 saturated heterocycles. The van der Waals surface area contributed by atoms with Gasteiger partial charge in [0.05, 0.1) is 0 Å². The Balaban J connectivity index is 0.000000465. The second kappa shape index (κ2) is 19.4. The molecule has 6 aromatic rings. The Morgan fingerprint density at radius 3 is 0.389 bits per heavy atom. The summed E-state index contributed by atoms with van der Waals surface area (Å²) in [5.74, 6) is 0. The van der Waals surface area contributed by atoms with Gasteiger partial charge in [-0.2, -0.15) is 0 Å². The Morgan fingerprint density at radius 2 is 0.306 bits per heavy atom. The van der Waals surface area contributed by atoms with E-state index in [-0.39, 0.29) is 14.9 Å². The molecule has 6 rings (SSSR count). The van der Waals surface area contributed by atoms with Gasteiger partial charge in [0.2, 0.25) is 0 Å². The van der Waals surface area contributed by atoms with E-state index in [4.69, 9.17) is 0 Å². The van der Waals surface area contributed by atoms with Crippen LogP contribution in [0.25, 0.3) is 32.3 Å². The molecule has 0 aliphatic carbocycles. The molecule has 0 unspecified atom stereocenters. The average molecular weight is 477 g/mol. The van der Waals surface area contributed by atoms with Gasteiger partial charge in [0, 0.05) is 0 Å². The Bertz CT molecular complexity index is 982. The van der Waals surface area contributed by atoms with Gasteiger partial charge in [-0.1, -0.05) is 188 Å². The van der Waals surface area contributed by atoms with Gasteiger partial charge in [-0.15, -0.1) is 0 Å². The Hall–Kier alpha value is -3.90. The van der Waals surface area contributed by atoms with Crippen LogP contribution < -0.4 is 0 Å². The van der Waals surface area contributed by atoms with E-state index in [1.54, 1.807) is 0 Å². The first kappa shape index (κ1) is 32.1. The first-order valence-electron chi connectivity index (χ1n) is 12.2. The molecule has 0 bridgehead atoms. The molecule has 0 amide bonds. The maximum Gasteiger partial charge on any atom is -0.0184 e. The number of rotatable bonds is 0. The van der Waals surface area contributed by atoms with Crippen molar-refractivity contribution < 1.29 is 0 Å². The zero-order valence-corrected chi connectivity index (χ0v) is 20.9. The summed E-state index contributed by atoms with van der Waals surface area (Å²) in [6.07, 6.45) is 0. The highest BCUT2D eigenvalue weighted by Crippen LogP contribution is 2.12. The molecule has 0 aliphatic heterocycles. The summed E-state index contributed by atoms with van der Waals surface area (Å²) < 4.78 is 0. The highest BCUT2D eigenvalue weighted by molar-refractivity contribution is 5.83. The van der Waals surface area contributed by atoms with Crippen LogP contribution in [0.15, 0.2) is 146 Å². The lowest BCUT2D eigenvalue weighted by Gasteiger charge is -1.92. The fraction of sp³-hybridized carbons (Fsp3) is 0.167. The third-order valence-electron chi connectivity index (χ3n) is 4.98. The van der Waals surface area contributed by atoms with Crippen LogP contribution in [-0.2, 0) is 0 Å². The molecule has 0 saturated carbocycles. The van der Waals surface area contributed by atoms with Crippen molar-refractivity contribution in [2.75, 3.05) is 0 Å². The zero-order chi connectivity index (χ0) is 24.4. The van der Waals surface area contributed by atoms with Gasteiger partial charge >= 0.3 is 0 Å². The van der Waals surface area contributed by atoms with Crippen LogP contribution in [-0.4, -0.2) is 0 Å². The molecule has 0 radical (unpaired) electrons. The SMILES string of the molecule is C.C.CC.CC.c1ccc2ccccc2c1.c1ccc2ccccc2c1.c1ccc2ccccc2c1. The summed E-state index contributed by atoms with van der Waals surface area (Å²) >= 11 is 0. The Labute approximate surface area is 220 Å². The van der Waals surface area contributed by atoms with Gasteiger partial charge in [0.15, 0.2) is 0 Å². The van der Waals surface area contributed by atoms with Gasteiger partial charge in [-0.3, -0.25) is 0 Å². The normalized spacial score (nSPS) is 8.67. The smallest absolute Gasteiger partial charge is 0.0184 e. The standard InChI is InChI=1S/3C10H8.2C2H6.2CH4/c3*1-2-6-10-8-4-3-7-9(10)5-1;2*1-2;;/h3*1-8H;2*1-2H3;2*1H4. The molecule has 188 valence electrons. The predicted octanol–water partition coefficient (Wildman–Crippen LogP) is 11.8. The molecule has 0 heteroatoms. The monoisotopic (exact) mass is 476 g/mol. The van der Waals surface area contributed by atoms with E-state index in [1.807, 2.05) is 27.7 Å². The third-order valence-corrected chi connectivity index (χ3v) is 4.98. The molecule has 0 aromatic heterocycles. The van der Waals surface area contributed by atoms with Gasteiger partial charge < -0.3 is 0 Å². The lowest BCUT2D eigenvalue weighted by molar-refractivity contribution is 1.50. The first-order valence-corrected chi connectivity index (χ1v) is 12.2. The summed E-state index contributed by atoms with van der Waals surface area (Å²) in [5, 5.41) is 7.86. The molecule has 6 aromatic carbocycles. The molecule has 0 heterocycles. The second-order valence-corrected chi connectivity index (χ2v) is 7.04. The van der Waals surface area contributed by atoms with Crippen molar-refractivity contribution in [3.8, 4) is 0 Å². The zero-order valence-electron chi connectivity index (χ0n) is 20.9. The van der Waals surface area contributed by atoms with Crippen molar-refractivity contribution >= 4 is 32.3 Å². The van der Waals surface area contributed by atoms with E-state index in [0.717, 1.165) is 0 Å². The number of hydrogen-bond donors (Lipinski definition) is 0. The molecular formula is C36H44. The van der Waals surface area contributed by atoms with Crippen molar-refractivity contribution in [2.45, 2.75) is 42.5 Å². The number of benzene rings is 6. The lowest BCUT2D eigenvalue weighted by Crippen LogP contribution is -1.67. The topological polar surface area (TPSA) is 0 Å². The van der Waals surface area contributed by atoms with E-state index in [0.29, 0.717) is 0 Å². The van der Waals surface area contributed by atoms with Gasteiger partial charge in [-0.05, 0) is 32.3 Å². The molecular weight excluding hydrogens is 432 g/mol. The highest BCUT2D eigenvalue weighted by atomic mass is 13.9. The van der Waals surface area contributed by atoms with Crippen LogP contribution in [0.4, 0.5) is 0 Å². The van der Waals surface area contributed by atoms with E-state index in [1.165, 1.54) is 32.3 Å². The van der Waals surface area contributed by atoms with Crippen molar-refractivity contribution in [3.63, 3.8) is 0 Å². The van der Waals surface area contributed by atoms with Crippen LogP contribution in [0.5, 0.6) is 0 Å². The van der Waals surface area contributed by atoms with E-state index in [2.05, 4.69) is 146 Å². The van der Waals surface area contributed by atoms with Gasteiger partial charge in [0.1, 0.15) is 0 Å². The molecule has 0 spiro atoms. The van der Waals surface area contributed by atoms with Crippen molar-refractivity contribution in [1.82, 2.24) is 0 Å². The fourth-order valence-corrected chi connectivity index (χ4v) is 3.40. The lowest BCUT2D eigenvalue weighted by atomic mass is 10.1. The first-order chi connectivity index (χ1) is 16.9. The Morgan fingerprint density at radius 1 is 0.222 bits per heavy atom. The van der Waals surface area contributed by atoms with Crippen LogP contribution in [0.1, 0.15) is 42.5 Å². The molecule has 0 atom stereocenters. The van der Waals surface area contributed by atoms with Crippen LogP contribution in [0.3, 0.4) is 0 Å². The summed E-state index contributed by atoms with van der Waals surface area (Å²) in [5.41, 5.74) is 0. The molecule has 0 N–H and O–H groups in total. The van der Waals surface area contributed by atoms with Crippen LogP contribution in [0.2, 0.25) is 0 Å². The van der Waals surface area contributed by atoms with Crippen molar-refractivity contribution in [1.29, 1.82) is 0 Å². The maximum absolute atomic E-state index is 2.12. The third kappa shape index (κ3) is 10.2.